The van der Waals surface area contributed by atoms with Crippen LogP contribution in [0.1, 0.15) is 25.5 Å². The van der Waals surface area contributed by atoms with E-state index in [4.69, 9.17) is 15.2 Å². The molecule has 20 heavy (non-hydrogen) atoms. The average molecular weight is 366 g/mol. The van der Waals surface area contributed by atoms with E-state index in [9.17, 15) is 8.42 Å². The molecule has 0 spiro atoms. The fourth-order valence-electron chi connectivity index (χ4n) is 1.73. The van der Waals surface area contributed by atoms with Gasteiger partial charge in [-0.1, -0.05) is 0 Å². The van der Waals surface area contributed by atoms with Crippen LogP contribution in [-0.2, 0) is 9.84 Å². The third-order valence-corrected chi connectivity index (χ3v) is 6.33. The quantitative estimate of drug-likeness (QED) is 0.865. The van der Waals surface area contributed by atoms with Gasteiger partial charge in [-0.2, -0.15) is 0 Å². The molecule has 5 nitrogen and oxygen atoms in total. The van der Waals surface area contributed by atoms with E-state index in [-0.39, 0.29) is 0 Å². The van der Waals surface area contributed by atoms with Gasteiger partial charge >= 0.3 is 0 Å². The van der Waals surface area contributed by atoms with Crippen LogP contribution in [0.5, 0.6) is 11.5 Å². The lowest BCUT2D eigenvalue weighted by Gasteiger charge is -2.31. The highest BCUT2D eigenvalue weighted by molar-refractivity contribution is 9.10. The fourth-order valence-corrected chi connectivity index (χ4v) is 2.80. The number of hydrogen-bond acceptors (Lipinski definition) is 5. The normalized spacial score (nSPS) is 13.9. The van der Waals surface area contributed by atoms with Crippen molar-refractivity contribution in [1.82, 2.24) is 0 Å². The summed E-state index contributed by atoms with van der Waals surface area (Å²) in [5.41, 5.74) is 6.77. The Kier molecular flexibility index (Phi) is 5.10. The summed E-state index contributed by atoms with van der Waals surface area (Å²) in [6.07, 6.45) is 1.18. The molecule has 0 bridgehead atoms. The van der Waals surface area contributed by atoms with E-state index in [1.807, 2.05) is 0 Å². The van der Waals surface area contributed by atoms with E-state index in [0.29, 0.717) is 21.5 Å². The van der Waals surface area contributed by atoms with E-state index >= 15 is 0 Å². The number of hydrogen-bond donors (Lipinski definition) is 1. The number of halogens is 1. The number of nitrogens with two attached hydrogens (primary N) is 1. The third kappa shape index (κ3) is 3.10. The van der Waals surface area contributed by atoms with Gasteiger partial charge in [0.05, 0.1) is 29.5 Å². The number of sulfone groups is 1. The van der Waals surface area contributed by atoms with E-state index in [1.165, 1.54) is 20.5 Å². The summed E-state index contributed by atoms with van der Waals surface area (Å²) in [5.74, 6) is 1.09. The van der Waals surface area contributed by atoms with Gasteiger partial charge < -0.3 is 15.2 Å². The van der Waals surface area contributed by atoms with Crippen molar-refractivity contribution in [2.24, 2.45) is 5.73 Å². The molecule has 0 aliphatic carbocycles. The van der Waals surface area contributed by atoms with Crippen LogP contribution < -0.4 is 15.2 Å². The molecule has 114 valence electrons. The van der Waals surface area contributed by atoms with Gasteiger partial charge in [-0.3, -0.25) is 0 Å². The molecule has 0 heterocycles. The lowest BCUT2D eigenvalue weighted by Crippen LogP contribution is -2.42. The molecular weight excluding hydrogens is 346 g/mol. The number of methoxy groups -OCH3 is 2. The second-order valence-electron chi connectivity index (χ2n) is 5.08. The Morgan fingerprint density at radius 1 is 1.20 bits per heavy atom. The van der Waals surface area contributed by atoms with Crippen LogP contribution in [0.2, 0.25) is 0 Å². The first-order valence-electron chi connectivity index (χ1n) is 5.92. The van der Waals surface area contributed by atoms with Crippen molar-refractivity contribution in [2.75, 3.05) is 20.5 Å². The minimum Gasteiger partial charge on any atom is -0.496 e. The van der Waals surface area contributed by atoms with Crippen molar-refractivity contribution < 1.29 is 17.9 Å². The first-order chi connectivity index (χ1) is 9.06. The molecule has 0 fully saturated rings. The van der Waals surface area contributed by atoms with Gasteiger partial charge in [-0.25, -0.2) is 8.42 Å². The van der Waals surface area contributed by atoms with Gasteiger partial charge in [0, 0.05) is 11.8 Å². The average Bonchev–Trinajstić information content (AvgIpc) is 2.36. The highest BCUT2D eigenvalue weighted by Crippen LogP contribution is 2.40. The second kappa shape index (κ2) is 5.91. The molecule has 0 saturated heterocycles. The zero-order chi connectivity index (χ0) is 15.7. The smallest absolute Gasteiger partial charge is 0.154 e. The van der Waals surface area contributed by atoms with Crippen LogP contribution in [0, 0.1) is 0 Å². The first-order valence-corrected chi connectivity index (χ1v) is 8.61. The van der Waals surface area contributed by atoms with Crippen LogP contribution in [-0.4, -0.2) is 33.6 Å². The molecule has 7 heteroatoms. The fraction of sp³-hybridized carbons (Fsp3) is 0.538. The largest absolute Gasteiger partial charge is 0.496 e. The Hall–Kier alpha value is -0.790. The summed E-state index contributed by atoms with van der Waals surface area (Å²) in [6.45, 7) is 3.20. The first kappa shape index (κ1) is 17.3. The summed E-state index contributed by atoms with van der Waals surface area (Å²) < 4.78 is 34.0. The van der Waals surface area contributed by atoms with Crippen LogP contribution in [0.25, 0.3) is 0 Å². The van der Waals surface area contributed by atoms with Gasteiger partial charge in [0.2, 0.25) is 0 Å². The van der Waals surface area contributed by atoms with E-state index in [1.54, 1.807) is 26.0 Å². The minimum absolute atomic E-state index is 0.516. The number of ether oxygens (including phenoxy) is 2. The molecule has 0 aliphatic heterocycles. The zero-order valence-electron chi connectivity index (χ0n) is 12.2. The van der Waals surface area contributed by atoms with E-state index in [0.717, 1.165) is 0 Å². The molecule has 1 aromatic rings. The highest BCUT2D eigenvalue weighted by Gasteiger charge is 2.39. The Bertz CT molecular complexity index is 599. The standard InChI is InChI=1S/C13H20BrNO4S/c1-13(2,20(5,16)17)12(15)8-6-11(19-4)9(14)7-10(8)18-3/h6-7,12H,15H2,1-5H3. The van der Waals surface area contributed by atoms with Crippen molar-refractivity contribution in [3.63, 3.8) is 0 Å². The maximum atomic E-state index is 11.9. The van der Waals surface area contributed by atoms with Gasteiger partial charge in [0.25, 0.3) is 0 Å². The number of rotatable bonds is 5. The molecule has 1 rings (SSSR count). The molecule has 1 aromatic carbocycles. The molecule has 0 radical (unpaired) electrons. The SMILES string of the molecule is COc1cc(C(N)C(C)(C)S(C)(=O)=O)c(OC)cc1Br. The van der Waals surface area contributed by atoms with Crippen molar-refractivity contribution >= 4 is 25.8 Å². The van der Waals surface area contributed by atoms with Crippen LogP contribution in [0.15, 0.2) is 16.6 Å². The van der Waals surface area contributed by atoms with E-state index < -0.39 is 20.6 Å². The molecule has 0 aromatic heterocycles. The lowest BCUT2D eigenvalue weighted by molar-refractivity contribution is 0.387. The summed E-state index contributed by atoms with van der Waals surface area (Å²) in [7, 11) is -0.294. The maximum absolute atomic E-state index is 11.9. The molecule has 0 saturated carbocycles. The molecule has 0 aliphatic rings. The number of benzene rings is 1. The van der Waals surface area contributed by atoms with E-state index in [2.05, 4.69) is 15.9 Å². The van der Waals surface area contributed by atoms with Gasteiger partial charge in [-0.05, 0) is 41.9 Å². The van der Waals surface area contributed by atoms with Gasteiger partial charge in [0.1, 0.15) is 11.5 Å². The van der Waals surface area contributed by atoms with Crippen molar-refractivity contribution in [2.45, 2.75) is 24.6 Å². The molecule has 1 atom stereocenters. The van der Waals surface area contributed by atoms with Gasteiger partial charge in [-0.15, -0.1) is 0 Å². The predicted molar refractivity (Wildman–Crippen MR) is 83.1 cm³/mol. The molecular formula is C13H20BrNO4S. The Morgan fingerprint density at radius 2 is 1.70 bits per heavy atom. The van der Waals surface area contributed by atoms with Crippen LogP contribution >= 0.6 is 15.9 Å². The molecule has 0 amide bonds. The zero-order valence-corrected chi connectivity index (χ0v) is 14.6. The summed E-state index contributed by atoms with van der Waals surface area (Å²) in [5, 5.41) is 0. The van der Waals surface area contributed by atoms with Crippen LogP contribution in [0.3, 0.4) is 0 Å². The summed E-state index contributed by atoms with van der Waals surface area (Å²) in [6, 6.07) is 2.67. The minimum atomic E-state index is -3.34. The molecule has 2 N–H and O–H groups in total. The predicted octanol–water partition coefficient (Wildman–Crippen LogP) is 2.29. The van der Waals surface area contributed by atoms with Crippen molar-refractivity contribution in [3.05, 3.63) is 22.2 Å². The Labute approximate surface area is 128 Å². The lowest BCUT2D eigenvalue weighted by atomic mass is 9.95. The summed E-state index contributed by atoms with van der Waals surface area (Å²) >= 11 is 3.36. The maximum Gasteiger partial charge on any atom is 0.154 e. The second-order valence-corrected chi connectivity index (χ2v) is 8.53. The molecule has 1 unspecified atom stereocenters. The Balaban J connectivity index is 3.46. The topological polar surface area (TPSA) is 78.6 Å². The monoisotopic (exact) mass is 365 g/mol. The van der Waals surface area contributed by atoms with Crippen molar-refractivity contribution in [3.8, 4) is 11.5 Å². The van der Waals surface area contributed by atoms with Crippen molar-refractivity contribution in [1.29, 1.82) is 0 Å². The highest BCUT2D eigenvalue weighted by atomic mass is 79.9. The van der Waals surface area contributed by atoms with Crippen LogP contribution in [0.4, 0.5) is 0 Å². The summed E-state index contributed by atoms with van der Waals surface area (Å²) in [4.78, 5) is 0. The Morgan fingerprint density at radius 3 is 2.10 bits per heavy atom. The third-order valence-electron chi connectivity index (χ3n) is 3.54. The van der Waals surface area contributed by atoms with Gasteiger partial charge in [0.15, 0.2) is 9.84 Å².